The topological polar surface area (TPSA) is 47.8 Å². The number of aromatic nitrogens is 3. The average Bonchev–Trinajstić information content (AvgIpc) is 3.41. The van der Waals surface area contributed by atoms with Crippen LogP contribution >= 0.6 is 22.7 Å². The highest BCUT2D eigenvalue weighted by molar-refractivity contribution is 7.11. The number of carbonyl (C=O) groups excluding carboxylic acids is 1. The fourth-order valence-electron chi connectivity index (χ4n) is 3.64. The van der Waals surface area contributed by atoms with E-state index >= 15 is 0 Å². The predicted octanol–water partition coefficient (Wildman–Crippen LogP) is 4.94. The number of fused-ring (bicyclic) bond motifs is 1. The van der Waals surface area contributed by atoms with Crippen LogP contribution in [0.15, 0.2) is 65.4 Å². The third-order valence-electron chi connectivity index (χ3n) is 4.82. The Kier molecular flexibility index (Phi) is 3.80. The molecule has 1 aliphatic carbocycles. The fraction of sp³-hybridized carbons (Fsp3) is 0.150. The molecule has 0 bridgehead atoms. The molecule has 128 valence electrons. The molecule has 0 saturated heterocycles. The van der Waals surface area contributed by atoms with Crippen molar-refractivity contribution in [3.63, 3.8) is 0 Å². The van der Waals surface area contributed by atoms with Gasteiger partial charge >= 0.3 is 0 Å². The summed E-state index contributed by atoms with van der Waals surface area (Å²) < 4.78 is 1.81. The summed E-state index contributed by atoms with van der Waals surface area (Å²) in [6, 6.07) is 15.7. The molecule has 0 amide bonds. The third kappa shape index (κ3) is 2.53. The van der Waals surface area contributed by atoms with Crippen molar-refractivity contribution in [1.82, 2.24) is 15.0 Å². The molecule has 5 rings (SSSR count). The molecule has 0 radical (unpaired) electrons. The predicted molar refractivity (Wildman–Crippen MR) is 106 cm³/mol. The molecule has 3 heterocycles. The summed E-state index contributed by atoms with van der Waals surface area (Å²) in [7, 11) is 0. The molecular formula is C20H15N3OS2. The smallest absolute Gasteiger partial charge is 0.181 e. The lowest BCUT2D eigenvalue weighted by molar-refractivity contribution is -0.118. The lowest BCUT2D eigenvalue weighted by Crippen LogP contribution is -2.29. The number of rotatable bonds is 3. The highest BCUT2D eigenvalue weighted by Gasteiger charge is 2.37. The van der Waals surface area contributed by atoms with Crippen LogP contribution in [0.4, 0.5) is 0 Å². The van der Waals surface area contributed by atoms with Crippen LogP contribution in [-0.2, 0) is 4.79 Å². The van der Waals surface area contributed by atoms with Gasteiger partial charge in [0.25, 0.3) is 0 Å². The van der Waals surface area contributed by atoms with Crippen molar-refractivity contribution in [3.05, 3.63) is 75.1 Å². The van der Waals surface area contributed by atoms with Gasteiger partial charge in [0.15, 0.2) is 5.78 Å². The van der Waals surface area contributed by atoms with Gasteiger partial charge in [0.2, 0.25) is 0 Å². The van der Waals surface area contributed by atoms with E-state index in [1.54, 1.807) is 28.7 Å². The standard InChI is InChI=1S/C20H15N3OS2/c24-17-12-13(18-7-3-9-25-18)11-14(19-8-4-10-26-19)20(17)23-16-6-2-1-5-15(16)21-22-23/h1-10,12,14,20H,11H2/t14-,20-/m1/s1. The highest BCUT2D eigenvalue weighted by atomic mass is 32.1. The lowest BCUT2D eigenvalue weighted by atomic mass is 9.82. The normalized spacial score (nSPS) is 20.5. The number of hydrogen-bond acceptors (Lipinski definition) is 5. The van der Waals surface area contributed by atoms with E-state index < -0.39 is 0 Å². The molecule has 0 aliphatic heterocycles. The minimum absolute atomic E-state index is 0.0645. The summed E-state index contributed by atoms with van der Waals surface area (Å²) in [4.78, 5) is 15.6. The van der Waals surface area contributed by atoms with Gasteiger partial charge in [0.1, 0.15) is 11.6 Å². The van der Waals surface area contributed by atoms with Crippen molar-refractivity contribution in [2.45, 2.75) is 18.4 Å². The zero-order valence-electron chi connectivity index (χ0n) is 13.8. The first-order valence-corrected chi connectivity index (χ1v) is 10.2. The van der Waals surface area contributed by atoms with Gasteiger partial charge in [-0.3, -0.25) is 4.79 Å². The van der Waals surface area contributed by atoms with E-state index in [0.29, 0.717) is 0 Å². The van der Waals surface area contributed by atoms with Crippen molar-refractivity contribution < 1.29 is 4.79 Å². The second kappa shape index (κ2) is 6.30. The van der Waals surface area contributed by atoms with E-state index in [4.69, 9.17) is 0 Å². The lowest BCUT2D eigenvalue weighted by Gasteiger charge is -2.29. The Bertz CT molecular complexity index is 1090. The monoisotopic (exact) mass is 377 g/mol. The Hall–Kier alpha value is -2.57. The van der Waals surface area contributed by atoms with Crippen LogP contribution in [0.1, 0.15) is 28.1 Å². The van der Waals surface area contributed by atoms with Gasteiger partial charge in [-0.1, -0.05) is 29.5 Å². The average molecular weight is 377 g/mol. The van der Waals surface area contributed by atoms with Crippen molar-refractivity contribution >= 4 is 45.1 Å². The van der Waals surface area contributed by atoms with Crippen molar-refractivity contribution in [2.24, 2.45) is 0 Å². The first-order valence-electron chi connectivity index (χ1n) is 8.43. The number of hydrogen-bond donors (Lipinski definition) is 0. The number of para-hydroxylation sites is 1. The second-order valence-electron chi connectivity index (χ2n) is 6.34. The maximum Gasteiger partial charge on any atom is 0.181 e. The third-order valence-corrected chi connectivity index (χ3v) is 6.77. The molecule has 0 fully saturated rings. The van der Waals surface area contributed by atoms with Crippen LogP contribution in [-0.4, -0.2) is 20.8 Å². The molecule has 6 heteroatoms. The van der Waals surface area contributed by atoms with E-state index in [0.717, 1.165) is 23.0 Å². The van der Waals surface area contributed by atoms with E-state index in [-0.39, 0.29) is 17.7 Å². The molecule has 2 atom stereocenters. The van der Waals surface area contributed by atoms with Crippen LogP contribution in [0.25, 0.3) is 16.6 Å². The first kappa shape index (κ1) is 15.7. The quantitative estimate of drug-likeness (QED) is 0.508. The van der Waals surface area contributed by atoms with Gasteiger partial charge in [-0.15, -0.1) is 27.8 Å². The van der Waals surface area contributed by atoms with Crippen LogP contribution in [0.5, 0.6) is 0 Å². The van der Waals surface area contributed by atoms with Gasteiger partial charge in [-0.25, -0.2) is 4.68 Å². The summed E-state index contributed by atoms with van der Waals surface area (Å²) in [6.07, 6.45) is 2.63. The summed E-state index contributed by atoms with van der Waals surface area (Å²) in [6.45, 7) is 0. The summed E-state index contributed by atoms with van der Waals surface area (Å²) >= 11 is 3.38. The zero-order valence-corrected chi connectivity index (χ0v) is 15.4. The van der Waals surface area contributed by atoms with E-state index in [1.807, 2.05) is 41.1 Å². The largest absolute Gasteiger partial charge is 0.292 e. The molecule has 4 aromatic rings. The van der Waals surface area contributed by atoms with E-state index in [2.05, 4.69) is 33.2 Å². The number of thiophene rings is 2. The van der Waals surface area contributed by atoms with Gasteiger partial charge in [-0.2, -0.15) is 0 Å². The number of allylic oxidation sites excluding steroid dienone is 2. The van der Waals surface area contributed by atoms with Crippen molar-refractivity contribution in [1.29, 1.82) is 0 Å². The molecular weight excluding hydrogens is 362 g/mol. The Morgan fingerprint density at radius 3 is 2.65 bits per heavy atom. The summed E-state index contributed by atoms with van der Waals surface area (Å²) in [5.74, 6) is 0.156. The van der Waals surface area contributed by atoms with Crippen molar-refractivity contribution in [2.75, 3.05) is 0 Å². The molecule has 0 unspecified atom stereocenters. The zero-order chi connectivity index (χ0) is 17.5. The Balaban J connectivity index is 1.66. The maximum atomic E-state index is 13.2. The molecule has 3 aromatic heterocycles. The van der Waals surface area contributed by atoms with Crippen LogP contribution in [0.3, 0.4) is 0 Å². The van der Waals surface area contributed by atoms with Gasteiger partial charge < -0.3 is 0 Å². The Morgan fingerprint density at radius 1 is 1.00 bits per heavy atom. The molecule has 26 heavy (non-hydrogen) atoms. The van der Waals surface area contributed by atoms with Crippen LogP contribution in [0, 0.1) is 0 Å². The van der Waals surface area contributed by atoms with Gasteiger partial charge in [0.05, 0.1) is 5.52 Å². The van der Waals surface area contributed by atoms with E-state index in [9.17, 15) is 4.79 Å². The highest BCUT2D eigenvalue weighted by Crippen LogP contribution is 2.44. The Morgan fingerprint density at radius 2 is 1.85 bits per heavy atom. The molecule has 1 aromatic carbocycles. The number of nitrogens with zero attached hydrogens (tertiary/aromatic N) is 3. The molecule has 1 aliphatic rings. The molecule has 4 nitrogen and oxygen atoms in total. The fourth-order valence-corrected chi connectivity index (χ4v) is 5.25. The van der Waals surface area contributed by atoms with Gasteiger partial charge in [-0.05, 0) is 53.1 Å². The first-order chi connectivity index (χ1) is 12.8. The Labute approximate surface area is 158 Å². The number of ketones is 1. The maximum absolute atomic E-state index is 13.2. The summed E-state index contributed by atoms with van der Waals surface area (Å²) in [5, 5.41) is 12.7. The molecule has 0 spiro atoms. The van der Waals surface area contributed by atoms with Crippen molar-refractivity contribution in [3.8, 4) is 0 Å². The SMILES string of the molecule is O=C1C=C(c2cccs2)C[C@H](c2cccs2)[C@H]1n1nnc2ccccc21. The summed E-state index contributed by atoms with van der Waals surface area (Å²) in [5.41, 5.74) is 2.84. The molecule has 0 N–H and O–H groups in total. The minimum atomic E-state index is -0.357. The molecule has 0 saturated carbocycles. The second-order valence-corrected chi connectivity index (χ2v) is 8.27. The van der Waals surface area contributed by atoms with Crippen LogP contribution in [0.2, 0.25) is 0 Å². The number of carbonyl (C=O) groups is 1. The minimum Gasteiger partial charge on any atom is -0.292 e. The number of benzene rings is 1. The van der Waals surface area contributed by atoms with E-state index in [1.165, 1.54) is 9.75 Å². The van der Waals surface area contributed by atoms with Gasteiger partial charge in [0, 0.05) is 15.7 Å². The van der Waals surface area contributed by atoms with Crippen LogP contribution < -0.4 is 0 Å².